The summed E-state index contributed by atoms with van der Waals surface area (Å²) < 4.78 is 0. The van der Waals surface area contributed by atoms with Crippen molar-refractivity contribution in [2.45, 2.75) is 13.0 Å². The summed E-state index contributed by atoms with van der Waals surface area (Å²) in [6.45, 7) is 4.75. The number of amides is 1. The number of likely N-dealkylation sites (N-methyl/N-ethyl adjacent to an activating group) is 1. The van der Waals surface area contributed by atoms with Crippen molar-refractivity contribution in [2.24, 2.45) is 0 Å². The first-order chi connectivity index (χ1) is 9.25. The fraction of sp³-hybridized carbons (Fsp3) is 0.571. The van der Waals surface area contributed by atoms with Crippen LogP contribution >= 0.6 is 0 Å². The van der Waals surface area contributed by atoms with Gasteiger partial charge in [0, 0.05) is 32.4 Å². The summed E-state index contributed by atoms with van der Waals surface area (Å²) in [6, 6.07) is 5.86. The van der Waals surface area contributed by atoms with Gasteiger partial charge < -0.3 is 10.2 Å². The maximum absolute atomic E-state index is 12.2. The second-order valence-electron chi connectivity index (χ2n) is 4.98. The molecule has 0 saturated carbocycles. The molecule has 5 nitrogen and oxygen atoms in total. The van der Waals surface area contributed by atoms with E-state index in [-0.39, 0.29) is 5.91 Å². The minimum atomic E-state index is 0.210. The monoisotopic (exact) mass is 262 g/mol. The first-order valence-electron chi connectivity index (χ1n) is 6.82. The van der Waals surface area contributed by atoms with Crippen LogP contribution in [0.25, 0.3) is 0 Å². The molecule has 1 fully saturated rings. The summed E-state index contributed by atoms with van der Waals surface area (Å²) in [4.78, 5) is 20.4. The van der Waals surface area contributed by atoms with Gasteiger partial charge in [-0.15, -0.1) is 0 Å². The maximum Gasteiger partial charge on any atom is 0.236 e. The van der Waals surface area contributed by atoms with Gasteiger partial charge in [-0.25, -0.2) is 0 Å². The molecule has 0 spiro atoms. The zero-order chi connectivity index (χ0) is 13.5. The number of hydrogen-bond acceptors (Lipinski definition) is 4. The van der Waals surface area contributed by atoms with Crippen molar-refractivity contribution in [1.82, 2.24) is 20.1 Å². The third-order valence-electron chi connectivity index (χ3n) is 3.26. The Kier molecular flexibility index (Phi) is 5.30. The van der Waals surface area contributed by atoms with Gasteiger partial charge in [-0.1, -0.05) is 6.07 Å². The summed E-state index contributed by atoms with van der Waals surface area (Å²) in [5.74, 6) is 0.210. The highest BCUT2D eigenvalue weighted by Gasteiger charge is 2.16. The molecule has 1 aromatic rings. The van der Waals surface area contributed by atoms with Crippen LogP contribution in [0, 0.1) is 0 Å². The number of hydrogen-bond donors (Lipinski definition) is 1. The molecule has 19 heavy (non-hydrogen) atoms. The van der Waals surface area contributed by atoms with E-state index in [2.05, 4.69) is 10.3 Å². The van der Waals surface area contributed by atoms with Crippen molar-refractivity contribution in [1.29, 1.82) is 0 Å². The minimum Gasteiger partial charge on any atom is -0.340 e. The second-order valence-corrected chi connectivity index (χ2v) is 4.98. The number of aromatic nitrogens is 1. The van der Waals surface area contributed by atoms with Crippen molar-refractivity contribution in [3.05, 3.63) is 30.1 Å². The first kappa shape index (κ1) is 14.0. The third kappa shape index (κ3) is 4.61. The Labute approximate surface area is 114 Å². The second kappa shape index (κ2) is 7.21. The van der Waals surface area contributed by atoms with Gasteiger partial charge in [0.2, 0.25) is 5.91 Å². The lowest BCUT2D eigenvalue weighted by molar-refractivity contribution is -0.132. The molecular weight excluding hydrogens is 240 g/mol. The number of nitrogens with one attached hydrogen (secondary N) is 1. The van der Waals surface area contributed by atoms with Crippen LogP contribution < -0.4 is 5.32 Å². The largest absolute Gasteiger partial charge is 0.340 e. The molecule has 0 unspecified atom stereocenters. The Bertz CT molecular complexity index is 388. The molecule has 0 atom stereocenters. The van der Waals surface area contributed by atoms with Gasteiger partial charge in [0.05, 0.1) is 12.2 Å². The molecular formula is C14H22N4O. The fourth-order valence-corrected chi connectivity index (χ4v) is 2.25. The SMILES string of the molecule is CN(CC(=O)N1CCCNCC1)Cc1ccccn1. The zero-order valence-electron chi connectivity index (χ0n) is 11.5. The smallest absolute Gasteiger partial charge is 0.236 e. The summed E-state index contributed by atoms with van der Waals surface area (Å²) in [5, 5.41) is 3.31. The molecule has 0 radical (unpaired) electrons. The van der Waals surface area contributed by atoms with E-state index in [0.29, 0.717) is 13.1 Å². The van der Waals surface area contributed by atoms with Gasteiger partial charge in [-0.05, 0) is 32.1 Å². The molecule has 1 N–H and O–H groups in total. The van der Waals surface area contributed by atoms with Crippen molar-refractivity contribution in [2.75, 3.05) is 39.8 Å². The van der Waals surface area contributed by atoms with E-state index in [4.69, 9.17) is 0 Å². The van der Waals surface area contributed by atoms with E-state index in [1.165, 1.54) is 0 Å². The van der Waals surface area contributed by atoms with Gasteiger partial charge in [0.1, 0.15) is 0 Å². The topological polar surface area (TPSA) is 48.5 Å². The number of nitrogens with zero attached hydrogens (tertiary/aromatic N) is 3. The zero-order valence-corrected chi connectivity index (χ0v) is 11.5. The van der Waals surface area contributed by atoms with Crippen LogP contribution in [0.1, 0.15) is 12.1 Å². The van der Waals surface area contributed by atoms with E-state index in [1.807, 2.05) is 35.0 Å². The maximum atomic E-state index is 12.2. The lowest BCUT2D eigenvalue weighted by atomic mass is 10.3. The van der Waals surface area contributed by atoms with E-state index >= 15 is 0 Å². The molecule has 2 rings (SSSR count). The Balaban J connectivity index is 1.80. The number of carbonyl (C=O) groups is 1. The molecule has 1 amide bonds. The highest BCUT2D eigenvalue weighted by molar-refractivity contribution is 5.78. The van der Waals surface area contributed by atoms with Gasteiger partial charge >= 0.3 is 0 Å². The van der Waals surface area contributed by atoms with Gasteiger partial charge in [0.15, 0.2) is 0 Å². The van der Waals surface area contributed by atoms with Crippen LogP contribution in [0.15, 0.2) is 24.4 Å². The molecule has 1 saturated heterocycles. The molecule has 0 aliphatic carbocycles. The summed E-state index contributed by atoms with van der Waals surface area (Å²) in [6.07, 6.45) is 2.82. The van der Waals surface area contributed by atoms with Crippen LogP contribution in [-0.4, -0.2) is 60.5 Å². The summed E-state index contributed by atoms with van der Waals surface area (Å²) in [7, 11) is 1.96. The van der Waals surface area contributed by atoms with Crippen LogP contribution in [-0.2, 0) is 11.3 Å². The summed E-state index contributed by atoms with van der Waals surface area (Å²) >= 11 is 0. The number of rotatable bonds is 4. The van der Waals surface area contributed by atoms with Crippen molar-refractivity contribution < 1.29 is 4.79 Å². The van der Waals surface area contributed by atoms with Gasteiger partial charge in [-0.2, -0.15) is 0 Å². The Morgan fingerprint density at radius 1 is 1.42 bits per heavy atom. The van der Waals surface area contributed by atoms with Crippen molar-refractivity contribution in [3.63, 3.8) is 0 Å². The predicted molar refractivity (Wildman–Crippen MR) is 74.6 cm³/mol. The molecule has 1 aliphatic rings. The Hall–Kier alpha value is -1.46. The van der Waals surface area contributed by atoms with Crippen LogP contribution in [0.2, 0.25) is 0 Å². The van der Waals surface area contributed by atoms with Crippen LogP contribution in [0.4, 0.5) is 0 Å². The number of carbonyl (C=O) groups excluding carboxylic acids is 1. The first-order valence-corrected chi connectivity index (χ1v) is 6.82. The minimum absolute atomic E-state index is 0.210. The van der Waals surface area contributed by atoms with E-state index in [9.17, 15) is 4.79 Å². The van der Waals surface area contributed by atoms with Crippen LogP contribution in [0.3, 0.4) is 0 Å². The molecule has 0 bridgehead atoms. The summed E-state index contributed by atoms with van der Waals surface area (Å²) in [5.41, 5.74) is 0.996. The molecule has 0 aromatic carbocycles. The third-order valence-corrected chi connectivity index (χ3v) is 3.26. The molecule has 104 valence electrons. The number of pyridine rings is 1. The Morgan fingerprint density at radius 2 is 2.32 bits per heavy atom. The fourth-order valence-electron chi connectivity index (χ4n) is 2.25. The average molecular weight is 262 g/mol. The lowest BCUT2D eigenvalue weighted by Gasteiger charge is -2.23. The quantitative estimate of drug-likeness (QED) is 0.850. The standard InChI is InChI=1S/C14H22N4O/c1-17(11-13-5-2-3-7-16-13)12-14(19)18-9-4-6-15-8-10-18/h2-3,5,7,15H,4,6,8-12H2,1H3. The molecule has 5 heteroatoms. The van der Waals surface area contributed by atoms with Crippen molar-refractivity contribution >= 4 is 5.91 Å². The molecule has 2 heterocycles. The Morgan fingerprint density at radius 3 is 3.11 bits per heavy atom. The van der Waals surface area contributed by atoms with E-state index in [0.717, 1.165) is 38.3 Å². The average Bonchev–Trinajstić information content (AvgIpc) is 2.68. The molecule has 1 aromatic heterocycles. The highest BCUT2D eigenvalue weighted by atomic mass is 16.2. The highest BCUT2D eigenvalue weighted by Crippen LogP contribution is 2.01. The van der Waals surface area contributed by atoms with E-state index < -0.39 is 0 Å². The van der Waals surface area contributed by atoms with Gasteiger partial charge in [0.25, 0.3) is 0 Å². The lowest BCUT2D eigenvalue weighted by Crippen LogP contribution is -2.40. The predicted octanol–water partition coefficient (Wildman–Crippen LogP) is 0.335. The molecule has 1 aliphatic heterocycles. The van der Waals surface area contributed by atoms with Crippen molar-refractivity contribution in [3.8, 4) is 0 Å². The van der Waals surface area contributed by atoms with E-state index in [1.54, 1.807) is 6.20 Å². The van der Waals surface area contributed by atoms with Crippen LogP contribution in [0.5, 0.6) is 0 Å². The van der Waals surface area contributed by atoms with Gasteiger partial charge in [-0.3, -0.25) is 14.7 Å². The normalized spacial score (nSPS) is 16.4.